The summed E-state index contributed by atoms with van der Waals surface area (Å²) in [6.45, 7) is 3.28. The lowest BCUT2D eigenvalue weighted by Crippen LogP contribution is -2.29. The molecule has 1 aliphatic rings. The average Bonchev–Trinajstić information content (AvgIpc) is 2.51. The fraction of sp³-hybridized carbons (Fsp3) is 0.529. The maximum Gasteiger partial charge on any atom is 0.308 e. The molecule has 0 N–H and O–H groups in total. The van der Waals surface area contributed by atoms with E-state index in [0.29, 0.717) is 32.3 Å². The van der Waals surface area contributed by atoms with E-state index in [1.54, 1.807) is 6.92 Å². The molecule has 1 aromatic rings. The first-order valence-electron chi connectivity index (χ1n) is 7.75. The minimum absolute atomic E-state index is 0.156. The van der Waals surface area contributed by atoms with Gasteiger partial charge in [-0.05, 0) is 45.6 Å². The largest absolute Gasteiger partial charge is 0.487 e. The van der Waals surface area contributed by atoms with Gasteiger partial charge in [0.2, 0.25) is 0 Å². The van der Waals surface area contributed by atoms with Crippen LogP contribution in [0.2, 0.25) is 0 Å². The zero-order chi connectivity index (χ0) is 17.0. The molecule has 0 bridgehead atoms. The summed E-state index contributed by atoms with van der Waals surface area (Å²) < 4.78 is 38.2. The molecule has 0 aliphatic heterocycles. The van der Waals surface area contributed by atoms with Crippen LogP contribution in [0.25, 0.3) is 0 Å². The van der Waals surface area contributed by atoms with E-state index in [-0.39, 0.29) is 29.3 Å². The lowest BCUT2D eigenvalue weighted by atomic mass is 9.87. The number of carbonyl (C=O) groups excluding carboxylic acids is 2. The first-order valence-corrected chi connectivity index (χ1v) is 7.75. The van der Waals surface area contributed by atoms with Gasteiger partial charge in [0.1, 0.15) is 5.82 Å². The third kappa shape index (κ3) is 4.27. The van der Waals surface area contributed by atoms with Crippen molar-refractivity contribution in [3.05, 3.63) is 29.3 Å². The number of hydrogen-bond donors (Lipinski definition) is 0. The van der Waals surface area contributed by atoms with Crippen LogP contribution in [-0.2, 0) is 9.53 Å². The van der Waals surface area contributed by atoms with Gasteiger partial charge < -0.3 is 9.47 Å². The van der Waals surface area contributed by atoms with Crippen molar-refractivity contribution in [3.8, 4) is 5.75 Å². The van der Waals surface area contributed by atoms with Crippen LogP contribution in [0.3, 0.4) is 0 Å². The first kappa shape index (κ1) is 17.4. The Balaban J connectivity index is 1.98. The van der Waals surface area contributed by atoms with Gasteiger partial charge in [-0.1, -0.05) is 0 Å². The Hall–Kier alpha value is -1.98. The summed E-state index contributed by atoms with van der Waals surface area (Å²) >= 11 is 0. The van der Waals surface area contributed by atoms with Crippen LogP contribution in [0.15, 0.2) is 12.1 Å². The van der Waals surface area contributed by atoms with Crippen LogP contribution < -0.4 is 4.74 Å². The zero-order valence-corrected chi connectivity index (χ0v) is 13.2. The fourth-order valence-corrected chi connectivity index (χ4v) is 2.74. The Morgan fingerprint density at radius 2 is 1.78 bits per heavy atom. The smallest absolute Gasteiger partial charge is 0.308 e. The summed E-state index contributed by atoms with van der Waals surface area (Å²) in [6, 6.07) is 1.76. The molecule has 1 aliphatic carbocycles. The van der Waals surface area contributed by atoms with E-state index in [0.717, 1.165) is 12.1 Å². The van der Waals surface area contributed by atoms with Gasteiger partial charge in [-0.15, -0.1) is 0 Å². The monoisotopic (exact) mass is 326 g/mol. The van der Waals surface area contributed by atoms with Crippen LogP contribution >= 0.6 is 0 Å². The van der Waals surface area contributed by atoms with Crippen LogP contribution in [0.4, 0.5) is 8.78 Å². The molecule has 0 atom stereocenters. The van der Waals surface area contributed by atoms with Gasteiger partial charge in [-0.2, -0.15) is 0 Å². The SMILES string of the molecule is CCOC(=O)[C@H]1CC[C@H](Oc2cc(F)c(C(C)=O)cc2F)CC1. The van der Waals surface area contributed by atoms with Crippen LogP contribution in [0.5, 0.6) is 5.75 Å². The second-order valence-corrected chi connectivity index (χ2v) is 5.66. The number of Topliss-reactive ketones (excluding diaryl/α,β-unsaturated/α-hetero) is 1. The Morgan fingerprint density at radius 1 is 1.13 bits per heavy atom. The number of benzene rings is 1. The Labute approximate surface area is 133 Å². The summed E-state index contributed by atoms with van der Waals surface area (Å²) in [5, 5.41) is 0. The van der Waals surface area contributed by atoms with Gasteiger partial charge in [0.25, 0.3) is 0 Å². The number of ether oxygens (including phenoxy) is 2. The molecule has 0 spiro atoms. The molecular formula is C17H20F2O4. The van der Waals surface area contributed by atoms with Crippen molar-refractivity contribution >= 4 is 11.8 Å². The van der Waals surface area contributed by atoms with E-state index in [4.69, 9.17) is 9.47 Å². The molecule has 4 nitrogen and oxygen atoms in total. The van der Waals surface area contributed by atoms with Crippen molar-refractivity contribution in [2.75, 3.05) is 6.61 Å². The molecule has 0 aromatic heterocycles. The van der Waals surface area contributed by atoms with Crippen LogP contribution in [0, 0.1) is 17.6 Å². The van der Waals surface area contributed by atoms with E-state index in [1.807, 2.05) is 0 Å². The molecule has 1 fully saturated rings. The first-order chi connectivity index (χ1) is 10.9. The van der Waals surface area contributed by atoms with Crippen molar-refractivity contribution in [3.63, 3.8) is 0 Å². The fourth-order valence-electron chi connectivity index (χ4n) is 2.74. The predicted molar refractivity (Wildman–Crippen MR) is 79.4 cm³/mol. The molecule has 126 valence electrons. The highest BCUT2D eigenvalue weighted by molar-refractivity contribution is 5.94. The van der Waals surface area contributed by atoms with Gasteiger partial charge in [-0.3, -0.25) is 9.59 Å². The van der Waals surface area contributed by atoms with E-state index < -0.39 is 17.4 Å². The van der Waals surface area contributed by atoms with E-state index >= 15 is 0 Å². The second-order valence-electron chi connectivity index (χ2n) is 5.66. The molecule has 23 heavy (non-hydrogen) atoms. The van der Waals surface area contributed by atoms with Gasteiger partial charge in [-0.25, -0.2) is 8.78 Å². The molecule has 0 amide bonds. The Morgan fingerprint density at radius 3 is 2.35 bits per heavy atom. The Kier molecular flexibility index (Phi) is 5.69. The number of hydrogen-bond acceptors (Lipinski definition) is 4. The summed E-state index contributed by atoms with van der Waals surface area (Å²) in [7, 11) is 0. The topological polar surface area (TPSA) is 52.6 Å². The zero-order valence-electron chi connectivity index (χ0n) is 13.2. The van der Waals surface area contributed by atoms with E-state index in [9.17, 15) is 18.4 Å². The van der Waals surface area contributed by atoms with Crippen molar-refractivity contribution in [2.24, 2.45) is 5.92 Å². The second kappa shape index (κ2) is 7.53. The van der Waals surface area contributed by atoms with Crippen molar-refractivity contribution < 1.29 is 27.8 Å². The normalized spacial score (nSPS) is 20.9. The summed E-state index contributed by atoms with van der Waals surface area (Å²) in [5.41, 5.74) is -0.291. The number of halogens is 2. The molecule has 0 radical (unpaired) electrons. The number of ketones is 1. The molecule has 6 heteroatoms. The minimum Gasteiger partial charge on any atom is -0.487 e. The standard InChI is InChI=1S/C17H20F2O4/c1-3-22-17(21)11-4-6-12(7-5-11)23-16-9-14(18)13(10(2)20)8-15(16)19/h8-9,11-12H,3-7H2,1-2H3/t11-,12-. The summed E-state index contributed by atoms with van der Waals surface area (Å²) in [5.74, 6) is -2.67. The van der Waals surface area contributed by atoms with Crippen LogP contribution in [0.1, 0.15) is 49.9 Å². The lowest BCUT2D eigenvalue weighted by Gasteiger charge is -2.27. The lowest BCUT2D eigenvalue weighted by molar-refractivity contribution is -0.149. The third-order valence-corrected chi connectivity index (χ3v) is 3.99. The maximum absolute atomic E-state index is 13.9. The highest BCUT2D eigenvalue weighted by atomic mass is 19.1. The third-order valence-electron chi connectivity index (χ3n) is 3.99. The average molecular weight is 326 g/mol. The van der Waals surface area contributed by atoms with Crippen molar-refractivity contribution in [2.45, 2.75) is 45.6 Å². The van der Waals surface area contributed by atoms with Gasteiger partial charge in [0.05, 0.1) is 24.2 Å². The van der Waals surface area contributed by atoms with Crippen molar-refractivity contribution in [1.82, 2.24) is 0 Å². The highest BCUT2D eigenvalue weighted by Gasteiger charge is 2.29. The number of rotatable bonds is 5. The van der Waals surface area contributed by atoms with Gasteiger partial charge >= 0.3 is 5.97 Å². The van der Waals surface area contributed by atoms with Gasteiger partial charge in [0, 0.05) is 6.07 Å². The Bertz CT molecular complexity index is 593. The molecule has 0 unspecified atom stereocenters. The molecule has 2 rings (SSSR count). The maximum atomic E-state index is 13.9. The van der Waals surface area contributed by atoms with E-state index in [2.05, 4.69) is 0 Å². The highest BCUT2D eigenvalue weighted by Crippen LogP contribution is 2.30. The molecular weight excluding hydrogens is 306 g/mol. The molecule has 0 heterocycles. The predicted octanol–water partition coefficient (Wildman–Crippen LogP) is 3.67. The summed E-state index contributed by atoms with van der Waals surface area (Å²) in [4.78, 5) is 22.8. The molecule has 1 aromatic carbocycles. The van der Waals surface area contributed by atoms with Gasteiger partial charge in [0.15, 0.2) is 17.3 Å². The number of esters is 1. The minimum atomic E-state index is -0.797. The molecule has 0 saturated heterocycles. The van der Waals surface area contributed by atoms with Crippen LogP contribution in [-0.4, -0.2) is 24.5 Å². The molecule has 1 saturated carbocycles. The number of carbonyl (C=O) groups is 2. The summed E-state index contributed by atoms with van der Waals surface area (Å²) in [6.07, 6.45) is 2.05. The quantitative estimate of drug-likeness (QED) is 0.612. The van der Waals surface area contributed by atoms with E-state index in [1.165, 1.54) is 6.92 Å². The van der Waals surface area contributed by atoms with Crippen molar-refractivity contribution in [1.29, 1.82) is 0 Å².